The zero-order valence-corrected chi connectivity index (χ0v) is 11.4. The van der Waals surface area contributed by atoms with Gasteiger partial charge in [0.05, 0.1) is 12.0 Å². The Morgan fingerprint density at radius 2 is 2.32 bits per heavy atom. The summed E-state index contributed by atoms with van der Waals surface area (Å²) >= 11 is 0. The molecule has 3 atom stereocenters. The van der Waals surface area contributed by atoms with E-state index >= 15 is 0 Å². The highest BCUT2D eigenvalue weighted by atomic mass is 19.1. The van der Waals surface area contributed by atoms with Gasteiger partial charge in [-0.05, 0) is 50.9 Å². The Bertz CT molecular complexity index is 450. The van der Waals surface area contributed by atoms with E-state index in [2.05, 4.69) is 10.6 Å². The molecular formula is C15H21FN2O. The molecule has 0 saturated carbocycles. The van der Waals surface area contributed by atoms with E-state index in [1.807, 2.05) is 19.9 Å². The van der Waals surface area contributed by atoms with E-state index in [9.17, 15) is 9.18 Å². The van der Waals surface area contributed by atoms with Gasteiger partial charge in [0.1, 0.15) is 5.82 Å². The van der Waals surface area contributed by atoms with Crippen LogP contribution in [-0.4, -0.2) is 18.5 Å². The van der Waals surface area contributed by atoms with Gasteiger partial charge < -0.3 is 10.6 Å². The second-order valence-corrected chi connectivity index (χ2v) is 5.28. The number of carbonyl (C=O) groups is 1. The number of carbonyl (C=O) groups excluding carboxylic acids is 1. The molecule has 1 fully saturated rings. The molecule has 1 aliphatic rings. The van der Waals surface area contributed by atoms with Crippen LogP contribution in [0.2, 0.25) is 0 Å². The minimum Gasteiger partial charge on any atom is -0.349 e. The largest absolute Gasteiger partial charge is 0.349 e. The molecule has 2 N–H and O–H groups in total. The van der Waals surface area contributed by atoms with E-state index in [-0.39, 0.29) is 29.7 Å². The average molecular weight is 264 g/mol. The van der Waals surface area contributed by atoms with Gasteiger partial charge in [0.2, 0.25) is 5.91 Å². The molecule has 0 bridgehead atoms. The lowest BCUT2D eigenvalue weighted by Gasteiger charge is -2.30. The van der Waals surface area contributed by atoms with Crippen LogP contribution in [0.1, 0.15) is 38.3 Å². The molecule has 0 aromatic heterocycles. The number of hydrogen-bond donors (Lipinski definition) is 2. The van der Waals surface area contributed by atoms with Crippen LogP contribution in [0.25, 0.3) is 0 Å². The van der Waals surface area contributed by atoms with Crippen molar-refractivity contribution in [1.29, 1.82) is 0 Å². The lowest BCUT2D eigenvalue weighted by atomic mass is 9.91. The topological polar surface area (TPSA) is 41.1 Å². The first-order valence-electron chi connectivity index (χ1n) is 6.87. The third-order valence-corrected chi connectivity index (χ3v) is 3.81. The van der Waals surface area contributed by atoms with E-state index in [4.69, 9.17) is 0 Å². The number of halogens is 1. The van der Waals surface area contributed by atoms with Crippen LogP contribution >= 0.6 is 0 Å². The van der Waals surface area contributed by atoms with Crippen molar-refractivity contribution in [2.45, 2.75) is 38.8 Å². The van der Waals surface area contributed by atoms with E-state index in [1.165, 1.54) is 12.1 Å². The fourth-order valence-electron chi connectivity index (χ4n) is 2.58. The lowest BCUT2D eigenvalue weighted by Crippen LogP contribution is -2.47. The van der Waals surface area contributed by atoms with E-state index < -0.39 is 0 Å². The van der Waals surface area contributed by atoms with Gasteiger partial charge in [0, 0.05) is 6.04 Å². The summed E-state index contributed by atoms with van der Waals surface area (Å²) in [6, 6.07) is 6.40. The van der Waals surface area contributed by atoms with Gasteiger partial charge >= 0.3 is 0 Å². The Morgan fingerprint density at radius 3 is 3.00 bits per heavy atom. The second-order valence-electron chi connectivity index (χ2n) is 5.28. The SMILES string of the molecule is CC(NC(=O)C1CCCNC1C)c1cccc(F)c1. The fraction of sp³-hybridized carbons (Fsp3) is 0.533. The van der Waals surface area contributed by atoms with Gasteiger partial charge in [0.25, 0.3) is 0 Å². The van der Waals surface area contributed by atoms with Gasteiger partial charge in [-0.25, -0.2) is 4.39 Å². The summed E-state index contributed by atoms with van der Waals surface area (Å²) in [4.78, 5) is 12.2. The summed E-state index contributed by atoms with van der Waals surface area (Å²) in [7, 11) is 0. The Hall–Kier alpha value is -1.42. The molecule has 1 aromatic rings. The summed E-state index contributed by atoms with van der Waals surface area (Å²) in [5.74, 6) is -0.215. The molecule has 0 spiro atoms. The minimum atomic E-state index is -0.272. The number of rotatable bonds is 3. The summed E-state index contributed by atoms with van der Waals surface area (Å²) in [6.07, 6.45) is 1.94. The Balaban J connectivity index is 1.98. The summed E-state index contributed by atoms with van der Waals surface area (Å²) < 4.78 is 13.2. The first-order valence-corrected chi connectivity index (χ1v) is 6.87. The maximum atomic E-state index is 13.2. The summed E-state index contributed by atoms with van der Waals surface area (Å²) in [6.45, 7) is 4.90. The van der Waals surface area contributed by atoms with Crippen LogP contribution in [0.3, 0.4) is 0 Å². The van der Waals surface area contributed by atoms with Crippen LogP contribution in [0.4, 0.5) is 4.39 Å². The number of benzene rings is 1. The monoisotopic (exact) mass is 264 g/mol. The molecule has 1 aromatic carbocycles. The van der Waals surface area contributed by atoms with Crippen LogP contribution in [0.5, 0.6) is 0 Å². The van der Waals surface area contributed by atoms with Crippen molar-refractivity contribution >= 4 is 5.91 Å². The first-order chi connectivity index (χ1) is 9.08. The number of nitrogens with one attached hydrogen (secondary N) is 2. The number of amides is 1. The average Bonchev–Trinajstić information content (AvgIpc) is 2.39. The number of piperidine rings is 1. The highest BCUT2D eigenvalue weighted by molar-refractivity contribution is 5.79. The van der Waals surface area contributed by atoms with E-state index in [0.29, 0.717) is 0 Å². The van der Waals surface area contributed by atoms with Crippen molar-refractivity contribution in [1.82, 2.24) is 10.6 Å². The number of hydrogen-bond acceptors (Lipinski definition) is 2. The Kier molecular flexibility index (Phi) is 4.53. The predicted molar refractivity (Wildman–Crippen MR) is 73.1 cm³/mol. The minimum absolute atomic E-state index is 0.00441. The van der Waals surface area contributed by atoms with E-state index in [0.717, 1.165) is 24.9 Å². The van der Waals surface area contributed by atoms with Crippen molar-refractivity contribution in [3.8, 4) is 0 Å². The lowest BCUT2D eigenvalue weighted by molar-refractivity contribution is -0.127. The third kappa shape index (κ3) is 3.53. The molecule has 1 heterocycles. The van der Waals surface area contributed by atoms with Crippen molar-refractivity contribution in [3.05, 3.63) is 35.6 Å². The Labute approximate surface area is 113 Å². The smallest absolute Gasteiger partial charge is 0.225 e. The van der Waals surface area contributed by atoms with Crippen molar-refractivity contribution in [2.75, 3.05) is 6.54 Å². The third-order valence-electron chi connectivity index (χ3n) is 3.81. The normalized spacial score (nSPS) is 24.8. The van der Waals surface area contributed by atoms with Crippen LogP contribution in [-0.2, 0) is 4.79 Å². The molecule has 3 nitrogen and oxygen atoms in total. The highest BCUT2D eigenvalue weighted by Gasteiger charge is 2.28. The molecule has 3 unspecified atom stereocenters. The van der Waals surface area contributed by atoms with Crippen LogP contribution < -0.4 is 10.6 Å². The van der Waals surface area contributed by atoms with Crippen molar-refractivity contribution in [2.24, 2.45) is 5.92 Å². The maximum absolute atomic E-state index is 13.2. The van der Waals surface area contributed by atoms with Gasteiger partial charge in [-0.3, -0.25) is 4.79 Å². The zero-order chi connectivity index (χ0) is 13.8. The molecule has 0 aliphatic carbocycles. The summed E-state index contributed by atoms with van der Waals surface area (Å²) in [5.41, 5.74) is 0.796. The standard InChI is InChI=1S/C15H21FN2O/c1-10(12-5-3-6-13(16)9-12)18-15(19)14-7-4-8-17-11(14)2/h3,5-6,9-11,14,17H,4,7-8H2,1-2H3,(H,18,19). The van der Waals surface area contributed by atoms with Crippen LogP contribution in [0.15, 0.2) is 24.3 Å². The molecular weight excluding hydrogens is 243 g/mol. The first kappa shape index (κ1) is 14.0. The van der Waals surface area contributed by atoms with Gasteiger partial charge in [-0.1, -0.05) is 12.1 Å². The molecule has 4 heteroatoms. The Morgan fingerprint density at radius 1 is 1.53 bits per heavy atom. The second kappa shape index (κ2) is 6.15. The quantitative estimate of drug-likeness (QED) is 0.880. The van der Waals surface area contributed by atoms with Gasteiger partial charge in [0.15, 0.2) is 0 Å². The predicted octanol–water partition coefficient (Wildman–Crippen LogP) is 2.39. The highest BCUT2D eigenvalue weighted by Crippen LogP contribution is 2.19. The van der Waals surface area contributed by atoms with Gasteiger partial charge in [-0.15, -0.1) is 0 Å². The van der Waals surface area contributed by atoms with Crippen molar-refractivity contribution < 1.29 is 9.18 Å². The molecule has 2 rings (SSSR count). The molecule has 1 saturated heterocycles. The molecule has 104 valence electrons. The zero-order valence-electron chi connectivity index (χ0n) is 11.4. The molecule has 1 aliphatic heterocycles. The van der Waals surface area contributed by atoms with Gasteiger partial charge in [-0.2, -0.15) is 0 Å². The van der Waals surface area contributed by atoms with Crippen molar-refractivity contribution in [3.63, 3.8) is 0 Å². The molecule has 0 radical (unpaired) electrons. The van der Waals surface area contributed by atoms with E-state index in [1.54, 1.807) is 6.07 Å². The molecule has 1 amide bonds. The van der Waals surface area contributed by atoms with Crippen LogP contribution in [0, 0.1) is 11.7 Å². The fourth-order valence-corrected chi connectivity index (χ4v) is 2.58. The maximum Gasteiger partial charge on any atom is 0.225 e. The molecule has 19 heavy (non-hydrogen) atoms. The summed E-state index contributed by atoms with van der Waals surface area (Å²) in [5, 5.41) is 6.29.